The largest absolute Gasteiger partial charge is 0.350 e. The van der Waals surface area contributed by atoms with Crippen LogP contribution in [0.1, 0.15) is 5.56 Å². The first-order valence-corrected chi connectivity index (χ1v) is 9.70. The molecule has 0 saturated heterocycles. The van der Waals surface area contributed by atoms with Crippen LogP contribution in [0.25, 0.3) is 22.4 Å². The number of fused-ring (bicyclic) bond motifs is 1. The third-order valence-corrected chi connectivity index (χ3v) is 4.95. The highest BCUT2D eigenvalue weighted by molar-refractivity contribution is 6.30. The molecule has 0 saturated carbocycles. The summed E-state index contributed by atoms with van der Waals surface area (Å²) in [4.78, 5) is 50.6. The molecule has 1 amide bonds. The van der Waals surface area contributed by atoms with Crippen LogP contribution in [-0.2, 0) is 24.9 Å². The van der Waals surface area contributed by atoms with E-state index >= 15 is 0 Å². The highest BCUT2D eigenvalue weighted by Crippen LogP contribution is 2.19. The molecule has 0 spiro atoms. The van der Waals surface area contributed by atoms with E-state index in [1.165, 1.54) is 17.8 Å². The van der Waals surface area contributed by atoms with Crippen molar-refractivity contribution in [2.45, 2.75) is 13.1 Å². The molecule has 156 valence electrons. The summed E-state index contributed by atoms with van der Waals surface area (Å²) in [5, 5.41) is 3.39. The Balaban J connectivity index is 1.65. The first kappa shape index (κ1) is 20.4. The van der Waals surface area contributed by atoms with Gasteiger partial charge in [-0.2, -0.15) is 0 Å². The molecule has 0 aliphatic carbocycles. The number of nitrogens with zero attached hydrogens (tertiary/aromatic N) is 5. The van der Waals surface area contributed by atoms with Crippen molar-refractivity contribution in [1.82, 2.24) is 29.4 Å². The van der Waals surface area contributed by atoms with Gasteiger partial charge in [0.15, 0.2) is 11.5 Å². The molecule has 3 aromatic heterocycles. The van der Waals surface area contributed by atoms with Crippen molar-refractivity contribution in [3.05, 3.63) is 86.4 Å². The van der Waals surface area contributed by atoms with Crippen LogP contribution >= 0.6 is 11.6 Å². The van der Waals surface area contributed by atoms with Crippen LogP contribution in [0.2, 0.25) is 5.02 Å². The van der Waals surface area contributed by atoms with Gasteiger partial charge in [-0.15, -0.1) is 0 Å². The number of amides is 1. The van der Waals surface area contributed by atoms with Gasteiger partial charge in [-0.25, -0.2) is 14.8 Å². The highest BCUT2D eigenvalue weighted by atomic mass is 35.5. The third kappa shape index (κ3) is 4.22. The Morgan fingerprint density at radius 3 is 2.61 bits per heavy atom. The molecule has 0 atom stereocenters. The van der Waals surface area contributed by atoms with Gasteiger partial charge < -0.3 is 5.32 Å². The lowest BCUT2D eigenvalue weighted by Crippen LogP contribution is -2.43. The monoisotopic (exact) mass is 436 g/mol. The molecule has 1 N–H and O–H groups in total. The molecule has 9 nitrogen and oxygen atoms in total. The van der Waals surface area contributed by atoms with Crippen LogP contribution in [-0.4, -0.2) is 30.0 Å². The fourth-order valence-electron chi connectivity index (χ4n) is 3.06. The Bertz CT molecular complexity index is 1380. The van der Waals surface area contributed by atoms with Gasteiger partial charge in [-0.1, -0.05) is 17.7 Å². The van der Waals surface area contributed by atoms with Gasteiger partial charge in [0, 0.05) is 42.8 Å². The van der Waals surface area contributed by atoms with Crippen molar-refractivity contribution in [3.63, 3.8) is 0 Å². The summed E-state index contributed by atoms with van der Waals surface area (Å²) in [6, 6.07) is 10.5. The fraction of sp³-hybridized carbons (Fsp3) is 0.143. The van der Waals surface area contributed by atoms with Crippen molar-refractivity contribution in [2.75, 3.05) is 0 Å². The summed E-state index contributed by atoms with van der Waals surface area (Å²) in [6.07, 6.45) is 4.61. The number of nitrogens with one attached hydrogen (secondary N) is 1. The van der Waals surface area contributed by atoms with Crippen molar-refractivity contribution in [3.8, 4) is 11.4 Å². The van der Waals surface area contributed by atoms with E-state index in [-0.39, 0.29) is 17.6 Å². The van der Waals surface area contributed by atoms with Crippen molar-refractivity contribution >= 4 is 28.5 Å². The lowest BCUT2D eigenvalue weighted by atomic mass is 10.2. The molecule has 4 aromatic rings. The zero-order valence-corrected chi connectivity index (χ0v) is 17.2. The number of rotatable bonds is 5. The molecule has 31 heavy (non-hydrogen) atoms. The average Bonchev–Trinajstić information content (AvgIpc) is 2.80. The number of carbonyl (C=O) groups is 1. The second-order valence-corrected chi connectivity index (χ2v) is 7.25. The third-order valence-electron chi connectivity index (χ3n) is 4.70. The van der Waals surface area contributed by atoms with Crippen LogP contribution in [0, 0.1) is 0 Å². The van der Waals surface area contributed by atoms with Crippen molar-refractivity contribution in [2.24, 2.45) is 7.05 Å². The quantitative estimate of drug-likeness (QED) is 0.507. The molecular formula is C21H17ClN6O3. The van der Waals surface area contributed by atoms with E-state index in [1.54, 1.807) is 42.7 Å². The van der Waals surface area contributed by atoms with Gasteiger partial charge in [0.2, 0.25) is 5.91 Å². The molecule has 0 bridgehead atoms. The number of halogens is 1. The average molecular weight is 437 g/mol. The van der Waals surface area contributed by atoms with Crippen LogP contribution in [0.4, 0.5) is 0 Å². The van der Waals surface area contributed by atoms with Crippen LogP contribution in [0.5, 0.6) is 0 Å². The van der Waals surface area contributed by atoms with Gasteiger partial charge in [0.05, 0.1) is 0 Å². The second-order valence-electron chi connectivity index (χ2n) is 6.81. The summed E-state index contributed by atoms with van der Waals surface area (Å²) >= 11 is 5.91. The maximum absolute atomic E-state index is 12.9. The molecule has 1 aromatic carbocycles. The van der Waals surface area contributed by atoms with Crippen LogP contribution in [0.3, 0.4) is 0 Å². The topological polar surface area (TPSA) is 112 Å². The maximum atomic E-state index is 12.9. The van der Waals surface area contributed by atoms with Crippen LogP contribution in [0.15, 0.2) is 64.6 Å². The number of hydrogen-bond acceptors (Lipinski definition) is 6. The molecule has 0 radical (unpaired) electrons. The van der Waals surface area contributed by atoms with E-state index in [0.29, 0.717) is 16.4 Å². The number of carbonyl (C=O) groups excluding carboxylic acids is 1. The number of pyridine rings is 1. The zero-order chi connectivity index (χ0) is 22.0. The van der Waals surface area contributed by atoms with Gasteiger partial charge >= 0.3 is 5.69 Å². The highest BCUT2D eigenvalue weighted by Gasteiger charge is 2.16. The zero-order valence-electron chi connectivity index (χ0n) is 16.4. The minimum absolute atomic E-state index is 0.139. The molecule has 4 rings (SSSR count). The van der Waals surface area contributed by atoms with Gasteiger partial charge in [-0.05, 0) is 35.9 Å². The van der Waals surface area contributed by atoms with Gasteiger partial charge in [0.1, 0.15) is 11.9 Å². The minimum atomic E-state index is -0.644. The number of aryl methyl sites for hydroxylation is 1. The Morgan fingerprint density at radius 2 is 1.90 bits per heavy atom. The fourth-order valence-corrected chi connectivity index (χ4v) is 3.19. The summed E-state index contributed by atoms with van der Waals surface area (Å²) in [7, 11) is 1.49. The first-order chi connectivity index (χ1) is 14.9. The van der Waals surface area contributed by atoms with E-state index in [4.69, 9.17) is 11.6 Å². The summed E-state index contributed by atoms with van der Waals surface area (Å²) in [5.41, 5.74) is 0.407. The van der Waals surface area contributed by atoms with E-state index in [0.717, 1.165) is 10.1 Å². The molecule has 0 aliphatic heterocycles. The molecule has 10 heteroatoms. The van der Waals surface area contributed by atoms with Gasteiger partial charge in [0.25, 0.3) is 5.56 Å². The summed E-state index contributed by atoms with van der Waals surface area (Å²) in [6.45, 7) is -0.177. The number of hydrogen-bond donors (Lipinski definition) is 1. The Morgan fingerprint density at radius 1 is 1.13 bits per heavy atom. The van der Waals surface area contributed by atoms with E-state index < -0.39 is 23.7 Å². The maximum Gasteiger partial charge on any atom is 0.332 e. The summed E-state index contributed by atoms with van der Waals surface area (Å²) in [5.74, 6) is -0.119. The SMILES string of the molecule is Cn1c(=O)n(CC(=O)NCc2cccnc2)c(=O)c2cnc(-c3ccc(Cl)cc3)nc21. The molecular weight excluding hydrogens is 420 g/mol. The van der Waals surface area contributed by atoms with Crippen molar-refractivity contribution in [1.29, 1.82) is 0 Å². The van der Waals surface area contributed by atoms with E-state index in [1.807, 2.05) is 6.07 Å². The molecule has 0 fully saturated rings. The minimum Gasteiger partial charge on any atom is -0.350 e. The predicted octanol–water partition coefficient (Wildman–Crippen LogP) is 1.52. The predicted molar refractivity (Wildman–Crippen MR) is 116 cm³/mol. The Hall–Kier alpha value is -3.85. The normalized spacial score (nSPS) is 10.9. The summed E-state index contributed by atoms with van der Waals surface area (Å²) < 4.78 is 2.10. The van der Waals surface area contributed by atoms with E-state index in [9.17, 15) is 14.4 Å². The lowest BCUT2D eigenvalue weighted by Gasteiger charge is -2.11. The smallest absolute Gasteiger partial charge is 0.332 e. The molecule has 3 heterocycles. The number of benzene rings is 1. The Kier molecular flexibility index (Phi) is 5.59. The standard InChI is InChI=1S/C21H17ClN6O3/c1-27-19-16(11-25-18(26-19)14-4-6-15(22)7-5-14)20(30)28(21(27)31)12-17(29)24-10-13-3-2-8-23-9-13/h2-9,11H,10,12H2,1H3,(H,24,29). The molecule has 0 unspecified atom stereocenters. The second kappa shape index (κ2) is 8.49. The molecule has 0 aliphatic rings. The number of aromatic nitrogens is 5. The van der Waals surface area contributed by atoms with E-state index in [2.05, 4.69) is 20.3 Å². The van der Waals surface area contributed by atoms with Crippen LogP contribution < -0.4 is 16.6 Å². The lowest BCUT2D eigenvalue weighted by molar-refractivity contribution is -0.121. The Labute approximate surface area is 181 Å². The first-order valence-electron chi connectivity index (χ1n) is 9.32. The van der Waals surface area contributed by atoms with Gasteiger partial charge in [-0.3, -0.25) is 23.7 Å². The van der Waals surface area contributed by atoms with Crippen molar-refractivity contribution < 1.29 is 4.79 Å².